The zero-order valence-corrected chi connectivity index (χ0v) is 18.8. The average Bonchev–Trinajstić information content (AvgIpc) is 2.74. The highest BCUT2D eigenvalue weighted by Crippen LogP contribution is 2.53. The molecule has 35 heavy (non-hydrogen) atoms. The van der Waals surface area contributed by atoms with Crippen molar-refractivity contribution in [2.24, 2.45) is 0 Å². The van der Waals surface area contributed by atoms with Crippen LogP contribution in [0.5, 0.6) is 11.5 Å². The van der Waals surface area contributed by atoms with Gasteiger partial charge in [0.05, 0.1) is 9.85 Å². The molecule has 0 amide bonds. The molecule has 0 unspecified atom stereocenters. The summed E-state index contributed by atoms with van der Waals surface area (Å²) in [6.45, 7) is 5.37. The van der Waals surface area contributed by atoms with Crippen LogP contribution in [0.1, 0.15) is 43.0 Å². The number of nitro benzene ring substituents is 2. The molecule has 0 fully saturated rings. The Bertz CT molecular complexity index is 1250. The van der Waals surface area contributed by atoms with Gasteiger partial charge in [-0.1, -0.05) is 57.2 Å². The molecule has 2 N–H and O–H groups in total. The molecule has 8 nitrogen and oxygen atoms in total. The third kappa shape index (κ3) is 4.36. The molecule has 0 atom stereocenters. The lowest BCUT2D eigenvalue weighted by molar-refractivity contribution is -0.386. The summed E-state index contributed by atoms with van der Waals surface area (Å²) in [6.07, 6.45) is -5.17. The second kappa shape index (κ2) is 8.57. The Morgan fingerprint density at radius 2 is 1.09 bits per heavy atom. The lowest BCUT2D eigenvalue weighted by atomic mass is 9.67. The molecule has 3 aromatic carbocycles. The van der Waals surface area contributed by atoms with Crippen LogP contribution in [0, 0.1) is 20.2 Å². The van der Waals surface area contributed by atoms with Crippen LogP contribution < -0.4 is 0 Å². The molecule has 0 saturated carbocycles. The van der Waals surface area contributed by atoms with Gasteiger partial charge in [-0.15, -0.1) is 0 Å². The molecule has 0 aromatic heterocycles. The molecule has 3 aromatic rings. The second-order valence-electron chi connectivity index (χ2n) is 9.00. The predicted octanol–water partition coefficient (Wildman–Crippen LogP) is 6.11. The fourth-order valence-electron chi connectivity index (χ4n) is 4.02. The minimum absolute atomic E-state index is 0.350. The Balaban J connectivity index is 2.56. The van der Waals surface area contributed by atoms with Crippen molar-refractivity contribution in [1.82, 2.24) is 0 Å². The number of rotatable bonds is 5. The second-order valence-corrected chi connectivity index (χ2v) is 9.00. The summed E-state index contributed by atoms with van der Waals surface area (Å²) in [5.41, 5.74) is -6.73. The van der Waals surface area contributed by atoms with Gasteiger partial charge in [-0.3, -0.25) is 20.2 Å². The van der Waals surface area contributed by atoms with Crippen LogP contribution in [0.3, 0.4) is 0 Å². The molecule has 11 heteroatoms. The average molecular weight is 490 g/mol. The van der Waals surface area contributed by atoms with Gasteiger partial charge >= 0.3 is 17.6 Å². The van der Waals surface area contributed by atoms with Crippen molar-refractivity contribution in [3.63, 3.8) is 0 Å². The first-order valence-corrected chi connectivity index (χ1v) is 10.2. The Hall–Kier alpha value is -4.15. The van der Waals surface area contributed by atoms with Crippen molar-refractivity contribution < 1.29 is 33.2 Å². The summed E-state index contributed by atoms with van der Waals surface area (Å²) in [5.74, 6) is -1.68. The number of hydrogen-bond acceptors (Lipinski definition) is 6. The van der Waals surface area contributed by atoms with Gasteiger partial charge in [0.2, 0.25) is 0 Å². The summed E-state index contributed by atoms with van der Waals surface area (Å²) in [5, 5.41) is 42.6. The van der Waals surface area contributed by atoms with Gasteiger partial charge in [0.15, 0.2) is 11.5 Å². The number of aromatic hydroxyl groups is 2. The van der Waals surface area contributed by atoms with Crippen LogP contribution in [-0.2, 0) is 10.8 Å². The van der Waals surface area contributed by atoms with Crippen LogP contribution in [0.15, 0.2) is 60.7 Å². The van der Waals surface area contributed by atoms with E-state index in [1.165, 1.54) is 18.2 Å². The van der Waals surface area contributed by atoms with E-state index in [2.05, 4.69) is 0 Å². The number of nitro groups is 2. The Morgan fingerprint density at radius 3 is 1.46 bits per heavy atom. The molecule has 184 valence electrons. The summed E-state index contributed by atoms with van der Waals surface area (Å²) in [6, 6.07) is 10.0. The van der Waals surface area contributed by atoms with Gasteiger partial charge in [-0.25, -0.2) is 0 Å². The zero-order valence-electron chi connectivity index (χ0n) is 18.8. The van der Waals surface area contributed by atoms with Gasteiger partial charge in [0.25, 0.3) is 0 Å². The van der Waals surface area contributed by atoms with Gasteiger partial charge in [-0.2, -0.15) is 13.2 Å². The lowest BCUT2D eigenvalue weighted by Crippen LogP contribution is -2.44. The summed E-state index contributed by atoms with van der Waals surface area (Å²) in [7, 11) is 0. The number of benzene rings is 3. The van der Waals surface area contributed by atoms with Crippen LogP contribution in [0.4, 0.5) is 24.5 Å². The van der Waals surface area contributed by atoms with Crippen molar-refractivity contribution >= 4 is 11.4 Å². The molecule has 0 bridgehead atoms. The maximum Gasteiger partial charge on any atom is 0.406 e. The van der Waals surface area contributed by atoms with Crippen LogP contribution >= 0.6 is 0 Å². The molecule has 0 saturated heterocycles. The van der Waals surface area contributed by atoms with Crippen LogP contribution in [0.2, 0.25) is 0 Å². The molecule has 0 aliphatic heterocycles. The highest BCUT2D eigenvalue weighted by molar-refractivity contribution is 5.61. The molecule has 3 rings (SSSR count). The molecule has 0 radical (unpaired) electrons. The number of alkyl halides is 3. The monoisotopic (exact) mass is 490 g/mol. The molecule has 0 aliphatic carbocycles. The smallest absolute Gasteiger partial charge is 0.406 e. The van der Waals surface area contributed by atoms with Crippen LogP contribution in [-0.4, -0.2) is 26.2 Å². The Labute approximate surface area is 197 Å². The fourth-order valence-corrected chi connectivity index (χ4v) is 4.02. The van der Waals surface area contributed by atoms with Crippen molar-refractivity contribution in [3.8, 4) is 11.5 Å². The molecule has 0 aliphatic rings. The normalized spacial score (nSPS) is 12.4. The molecule has 0 spiro atoms. The Kier molecular flexibility index (Phi) is 6.24. The SMILES string of the molecule is CC(C)(C)c1cccc(C(c2ccc(O)c([N+](=O)[O-])c2)(c2ccc(O)c([N+](=O)[O-])c2)C(F)(F)F)c1. The number of phenolic OH excluding ortho intramolecular Hbond substituents is 2. The number of phenols is 2. The molecular weight excluding hydrogens is 469 g/mol. The summed E-state index contributed by atoms with van der Waals surface area (Å²) in [4.78, 5) is 20.8. The third-order valence-electron chi connectivity index (χ3n) is 5.80. The predicted molar refractivity (Wildman–Crippen MR) is 121 cm³/mol. The van der Waals surface area contributed by atoms with E-state index in [0.29, 0.717) is 17.7 Å². The first-order valence-electron chi connectivity index (χ1n) is 10.2. The molecular formula is C24H21F3N2O6. The summed E-state index contributed by atoms with van der Waals surface area (Å²) >= 11 is 0. The topological polar surface area (TPSA) is 127 Å². The van der Waals surface area contributed by atoms with Gasteiger partial charge < -0.3 is 10.2 Å². The van der Waals surface area contributed by atoms with Crippen molar-refractivity contribution in [2.75, 3.05) is 0 Å². The first kappa shape index (κ1) is 25.5. The van der Waals surface area contributed by atoms with E-state index in [4.69, 9.17) is 0 Å². The number of halogens is 3. The van der Waals surface area contributed by atoms with Crippen LogP contribution in [0.25, 0.3) is 0 Å². The van der Waals surface area contributed by atoms with E-state index >= 15 is 13.2 Å². The Morgan fingerprint density at radius 1 is 0.686 bits per heavy atom. The molecule has 0 heterocycles. The maximum absolute atomic E-state index is 15.3. The van der Waals surface area contributed by atoms with Gasteiger partial charge in [0, 0.05) is 12.1 Å². The largest absolute Gasteiger partial charge is 0.502 e. The number of hydrogen-bond donors (Lipinski definition) is 2. The van der Waals surface area contributed by atoms with E-state index in [-0.39, 0.29) is 5.56 Å². The van der Waals surface area contributed by atoms with Crippen molar-refractivity contribution in [1.29, 1.82) is 0 Å². The van der Waals surface area contributed by atoms with Crippen molar-refractivity contribution in [2.45, 2.75) is 37.8 Å². The lowest BCUT2D eigenvalue weighted by Gasteiger charge is -2.38. The van der Waals surface area contributed by atoms with Crippen molar-refractivity contribution in [3.05, 3.63) is 103 Å². The van der Waals surface area contributed by atoms with E-state index in [9.17, 15) is 30.4 Å². The fraction of sp³-hybridized carbons (Fsp3) is 0.250. The summed E-state index contributed by atoms with van der Waals surface area (Å²) < 4.78 is 45.8. The van der Waals surface area contributed by atoms with Gasteiger partial charge in [-0.05, 0) is 39.8 Å². The van der Waals surface area contributed by atoms with E-state index in [1.54, 1.807) is 26.8 Å². The first-order chi connectivity index (χ1) is 16.1. The van der Waals surface area contributed by atoms with E-state index in [0.717, 1.165) is 24.3 Å². The van der Waals surface area contributed by atoms with Gasteiger partial charge in [0.1, 0.15) is 5.41 Å². The number of nitrogens with zero attached hydrogens (tertiary/aromatic N) is 2. The van der Waals surface area contributed by atoms with E-state index in [1.807, 2.05) is 0 Å². The zero-order chi connectivity index (χ0) is 26.3. The minimum atomic E-state index is -5.17. The maximum atomic E-state index is 15.3. The highest BCUT2D eigenvalue weighted by Gasteiger charge is 2.59. The minimum Gasteiger partial charge on any atom is -0.502 e. The standard InChI is InChI=1S/C24H21F3N2O6/c1-22(2,3)14-5-4-6-15(11-14)23(24(25,26)27,16-7-9-20(30)18(12-16)28(32)33)17-8-10-21(31)19(13-17)29(34)35/h4-13,30-31H,1-3H3. The quantitative estimate of drug-likeness (QED) is 0.252. The highest BCUT2D eigenvalue weighted by atomic mass is 19.4. The van der Waals surface area contributed by atoms with E-state index < -0.39 is 60.9 Å². The third-order valence-corrected chi connectivity index (χ3v) is 5.80.